The Morgan fingerprint density at radius 2 is 2.23 bits per heavy atom. The fraction of sp³-hybridized carbons (Fsp3) is 0.294. The van der Waals surface area contributed by atoms with Gasteiger partial charge in [0, 0.05) is 23.2 Å². The maximum Gasteiger partial charge on any atom is 0.247 e. The van der Waals surface area contributed by atoms with Crippen molar-refractivity contribution < 1.29 is 4.79 Å². The van der Waals surface area contributed by atoms with Crippen LogP contribution in [-0.4, -0.2) is 21.8 Å². The van der Waals surface area contributed by atoms with Crippen molar-refractivity contribution in [2.45, 2.75) is 31.8 Å². The minimum atomic E-state index is 0.000854. The van der Waals surface area contributed by atoms with Crippen molar-refractivity contribution in [2.75, 3.05) is 0 Å². The summed E-state index contributed by atoms with van der Waals surface area (Å²) in [7, 11) is 0. The van der Waals surface area contributed by atoms with Crippen LogP contribution in [0.1, 0.15) is 36.4 Å². The molecular formula is C17H17BrN2OS. The number of rotatable bonds is 5. The molecule has 1 fully saturated rings. The fourth-order valence-corrected chi connectivity index (χ4v) is 3.79. The van der Waals surface area contributed by atoms with Gasteiger partial charge in [0.25, 0.3) is 0 Å². The molecule has 2 aromatic heterocycles. The molecule has 0 bridgehead atoms. The lowest BCUT2D eigenvalue weighted by molar-refractivity contribution is -0.128. The molecule has 0 spiro atoms. The molecule has 3 rings (SSSR count). The monoisotopic (exact) mass is 376 g/mol. The van der Waals surface area contributed by atoms with Gasteiger partial charge in [0.15, 0.2) is 0 Å². The lowest BCUT2D eigenvalue weighted by Gasteiger charge is -2.28. The second kappa shape index (κ2) is 6.75. The van der Waals surface area contributed by atoms with E-state index in [-0.39, 0.29) is 11.9 Å². The first-order chi connectivity index (χ1) is 10.6. The van der Waals surface area contributed by atoms with E-state index in [0.29, 0.717) is 6.04 Å². The minimum Gasteiger partial charge on any atom is -0.328 e. The molecule has 0 N–H and O–H groups in total. The molecule has 114 valence electrons. The predicted octanol–water partition coefficient (Wildman–Crippen LogP) is 4.67. The summed E-state index contributed by atoms with van der Waals surface area (Å²) in [6.45, 7) is 2.05. The van der Waals surface area contributed by atoms with Crippen LogP contribution < -0.4 is 0 Å². The number of hydrogen-bond donors (Lipinski definition) is 0. The van der Waals surface area contributed by atoms with Crippen molar-refractivity contribution in [3.05, 3.63) is 57.0 Å². The molecule has 5 heteroatoms. The Hall–Kier alpha value is -1.46. The van der Waals surface area contributed by atoms with Gasteiger partial charge in [-0.2, -0.15) is 0 Å². The van der Waals surface area contributed by atoms with E-state index in [1.807, 2.05) is 48.2 Å². The Kier molecular flexibility index (Phi) is 4.74. The maximum atomic E-state index is 12.6. The highest BCUT2D eigenvalue weighted by atomic mass is 79.9. The molecule has 0 radical (unpaired) electrons. The summed E-state index contributed by atoms with van der Waals surface area (Å²) in [6, 6.07) is 10.2. The maximum absolute atomic E-state index is 12.6. The first kappa shape index (κ1) is 15.4. The zero-order valence-corrected chi connectivity index (χ0v) is 14.7. The van der Waals surface area contributed by atoms with E-state index >= 15 is 0 Å². The van der Waals surface area contributed by atoms with Crippen molar-refractivity contribution in [2.24, 2.45) is 0 Å². The second-order valence-electron chi connectivity index (χ2n) is 5.38. The summed E-state index contributed by atoms with van der Waals surface area (Å²) in [5.41, 5.74) is 0.940. The SMILES string of the molecule is CC(c1ccccn1)N(C(=O)/C=C/c1ccc(Br)s1)C1CC1. The molecule has 0 aromatic carbocycles. The summed E-state index contributed by atoms with van der Waals surface area (Å²) in [6.07, 6.45) is 7.51. The Labute approximate surface area is 142 Å². The van der Waals surface area contributed by atoms with Gasteiger partial charge in [-0.15, -0.1) is 11.3 Å². The molecule has 2 aromatic rings. The van der Waals surface area contributed by atoms with E-state index in [9.17, 15) is 4.79 Å². The van der Waals surface area contributed by atoms with E-state index in [2.05, 4.69) is 20.9 Å². The van der Waals surface area contributed by atoms with Crippen LogP contribution in [0.4, 0.5) is 0 Å². The molecule has 22 heavy (non-hydrogen) atoms. The van der Waals surface area contributed by atoms with Gasteiger partial charge in [-0.25, -0.2) is 0 Å². The number of thiophene rings is 1. The number of carbonyl (C=O) groups excluding carboxylic acids is 1. The molecule has 1 atom stereocenters. The molecule has 0 aliphatic heterocycles. The van der Waals surface area contributed by atoms with E-state index in [0.717, 1.165) is 27.2 Å². The Balaban J connectivity index is 1.76. The number of amides is 1. The average Bonchev–Trinajstić information content (AvgIpc) is 3.27. The largest absolute Gasteiger partial charge is 0.328 e. The third-order valence-electron chi connectivity index (χ3n) is 3.71. The smallest absolute Gasteiger partial charge is 0.247 e. The molecule has 1 aliphatic rings. The zero-order chi connectivity index (χ0) is 15.5. The van der Waals surface area contributed by atoms with Gasteiger partial charge in [-0.05, 0) is 66.0 Å². The summed E-state index contributed by atoms with van der Waals surface area (Å²) >= 11 is 5.05. The van der Waals surface area contributed by atoms with E-state index in [1.165, 1.54) is 0 Å². The lowest BCUT2D eigenvalue weighted by Crippen LogP contribution is -2.34. The molecule has 2 heterocycles. The van der Waals surface area contributed by atoms with Gasteiger partial charge < -0.3 is 4.90 Å². The number of halogens is 1. The first-order valence-electron chi connectivity index (χ1n) is 7.32. The lowest BCUT2D eigenvalue weighted by atomic mass is 10.1. The minimum absolute atomic E-state index is 0.000854. The fourth-order valence-electron chi connectivity index (χ4n) is 2.46. The Morgan fingerprint density at radius 1 is 1.41 bits per heavy atom. The van der Waals surface area contributed by atoms with Crippen LogP contribution in [0.2, 0.25) is 0 Å². The van der Waals surface area contributed by atoms with Crippen LogP contribution >= 0.6 is 27.3 Å². The predicted molar refractivity (Wildman–Crippen MR) is 93.6 cm³/mol. The number of carbonyl (C=O) groups is 1. The molecule has 1 amide bonds. The second-order valence-corrected chi connectivity index (χ2v) is 7.88. The summed E-state index contributed by atoms with van der Waals surface area (Å²) in [5, 5.41) is 0. The van der Waals surface area contributed by atoms with Crippen molar-refractivity contribution >= 4 is 39.2 Å². The third kappa shape index (κ3) is 3.65. The van der Waals surface area contributed by atoms with Gasteiger partial charge >= 0.3 is 0 Å². The average molecular weight is 377 g/mol. The van der Waals surface area contributed by atoms with E-state index < -0.39 is 0 Å². The molecule has 3 nitrogen and oxygen atoms in total. The summed E-state index contributed by atoms with van der Waals surface area (Å²) in [4.78, 5) is 20.0. The van der Waals surface area contributed by atoms with E-state index in [1.54, 1.807) is 23.6 Å². The van der Waals surface area contributed by atoms with Crippen molar-refractivity contribution in [1.82, 2.24) is 9.88 Å². The standard InChI is InChI=1S/C17H17BrN2OS/c1-12(15-4-2-3-11-19-15)20(13-5-6-13)17(21)10-8-14-7-9-16(18)22-14/h2-4,7-13H,5-6H2,1H3/b10-8+. The van der Waals surface area contributed by atoms with Crippen LogP contribution in [0.15, 0.2) is 46.4 Å². The molecule has 0 saturated heterocycles. The topological polar surface area (TPSA) is 33.2 Å². The summed E-state index contributed by atoms with van der Waals surface area (Å²) in [5.74, 6) is 0.0603. The van der Waals surface area contributed by atoms with E-state index in [4.69, 9.17) is 0 Å². The normalized spacial score (nSPS) is 15.9. The van der Waals surface area contributed by atoms with Crippen molar-refractivity contribution in [3.63, 3.8) is 0 Å². The highest BCUT2D eigenvalue weighted by Crippen LogP contribution is 2.34. The van der Waals surface area contributed by atoms with Gasteiger partial charge in [0.1, 0.15) is 0 Å². The van der Waals surface area contributed by atoms with Gasteiger partial charge in [0.2, 0.25) is 5.91 Å². The van der Waals surface area contributed by atoms with Crippen molar-refractivity contribution in [1.29, 1.82) is 0 Å². The highest BCUT2D eigenvalue weighted by Gasteiger charge is 2.35. The Morgan fingerprint density at radius 3 is 2.82 bits per heavy atom. The van der Waals surface area contributed by atoms with Crippen LogP contribution in [0.25, 0.3) is 6.08 Å². The number of nitrogens with zero attached hydrogens (tertiary/aromatic N) is 2. The number of pyridine rings is 1. The number of hydrogen-bond acceptors (Lipinski definition) is 3. The Bertz CT molecular complexity index is 679. The van der Waals surface area contributed by atoms with Crippen LogP contribution in [0.3, 0.4) is 0 Å². The quantitative estimate of drug-likeness (QED) is 0.710. The molecule has 1 saturated carbocycles. The summed E-state index contributed by atoms with van der Waals surface area (Å²) < 4.78 is 1.07. The molecule has 1 aliphatic carbocycles. The number of aromatic nitrogens is 1. The van der Waals surface area contributed by atoms with Crippen LogP contribution in [0, 0.1) is 0 Å². The first-order valence-corrected chi connectivity index (χ1v) is 8.93. The van der Waals surface area contributed by atoms with Crippen LogP contribution in [-0.2, 0) is 4.79 Å². The van der Waals surface area contributed by atoms with Gasteiger partial charge in [-0.3, -0.25) is 9.78 Å². The van der Waals surface area contributed by atoms with Crippen LogP contribution in [0.5, 0.6) is 0 Å². The highest BCUT2D eigenvalue weighted by molar-refractivity contribution is 9.11. The van der Waals surface area contributed by atoms with Gasteiger partial charge in [-0.1, -0.05) is 6.07 Å². The van der Waals surface area contributed by atoms with Crippen molar-refractivity contribution in [3.8, 4) is 0 Å². The third-order valence-corrected chi connectivity index (χ3v) is 5.30. The van der Waals surface area contributed by atoms with Gasteiger partial charge in [0.05, 0.1) is 15.5 Å². The molecule has 1 unspecified atom stereocenters. The zero-order valence-electron chi connectivity index (χ0n) is 12.3. The molecular weight excluding hydrogens is 360 g/mol.